The Morgan fingerprint density at radius 3 is 2.39 bits per heavy atom. The number of amides is 1. The topological polar surface area (TPSA) is 128 Å². The molecule has 1 aliphatic carbocycles. The fourth-order valence-corrected chi connectivity index (χ4v) is 9.89. The molecule has 1 aromatic rings. The van der Waals surface area contributed by atoms with Crippen LogP contribution in [0.25, 0.3) is 0 Å². The van der Waals surface area contributed by atoms with Crippen LogP contribution in [0.3, 0.4) is 0 Å². The van der Waals surface area contributed by atoms with Crippen molar-refractivity contribution in [3.63, 3.8) is 0 Å². The number of nitrogens with one attached hydrogen (secondary N) is 1. The molecule has 11 nitrogen and oxygen atoms in total. The number of hydrogen-bond acceptors (Lipinski definition) is 10. The molecule has 4 saturated heterocycles. The zero-order valence-corrected chi connectivity index (χ0v) is 32.6. The molecule has 11 atom stereocenters. The van der Waals surface area contributed by atoms with Gasteiger partial charge in [-0.25, -0.2) is 9.78 Å². The standard InChI is InChI=1S/C39H60NO10P/c1-9-45-51(43,46-10-2)21-19-33(29-14-12-11-13-15-29)40-35(42)30(22-25(3)4)23-34(41)27(6)24-44-36-28(7)32-17-16-26(5)31-18-20-38(8)48-37(47-36)39(31,32)50-49-38/h11-15,19,21,25-28,30-33,36-37H,9-10,16-18,20,22-24H2,1-8H3,(H,40,42)/b21-19+/t26-,27+,28-,30-,31+,32+,33+,36+,37-,38+,39-/m1/s1. The highest BCUT2D eigenvalue weighted by Crippen LogP contribution is 2.60. The fourth-order valence-electron chi connectivity index (χ4n) is 8.54. The van der Waals surface area contributed by atoms with Gasteiger partial charge in [-0.1, -0.05) is 65.0 Å². The van der Waals surface area contributed by atoms with Gasteiger partial charge in [0.2, 0.25) is 11.7 Å². The smallest absolute Gasteiger partial charge is 0.352 e. The van der Waals surface area contributed by atoms with Gasteiger partial charge in [0.1, 0.15) is 5.78 Å². The summed E-state index contributed by atoms with van der Waals surface area (Å²) in [6.45, 7) is 16.3. The second kappa shape index (κ2) is 17.0. The van der Waals surface area contributed by atoms with Gasteiger partial charge in [0.15, 0.2) is 18.2 Å². The van der Waals surface area contributed by atoms with E-state index in [-0.39, 0.29) is 61.6 Å². The van der Waals surface area contributed by atoms with E-state index >= 15 is 0 Å². The first-order valence-electron chi connectivity index (χ1n) is 19.0. The van der Waals surface area contributed by atoms with Gasteiger partial charge in [-0.3, -0.25) is 14.2 Å². The van der Waals surface area contributed by atoms with E-state index < -0.39 is 49.4 Å². The second-order valence-electron chi connectivity index (χ2n) is 15.6. The molecular weight excluding hydrogens is 673 g/mol. The van der Waals surface area contributed by atoms with Crippen LogP contribution < -0.4 is 5.32 Å². The monoisotopic (exact) mass is 733 g/mol. The number of benzene rings is 1. The summed E-state index contributed by atoms with van der Waals surface area (Å²) in [5.41, 5.74) is 0.124. The van der Waals surface area contributed by atoms with Crippen molar-refractivity contribution in [3.8, 4) is 0 Å². The zero-order valence-electron chi connectivity index (χ0n) is 31.7. The number of rotatable bonds is 17. The van der Waals surface area contributed by atoms with Crippen LogP contribution >= 0.6 is 7.60 Å². The van der Waals surface area contributed by atoms with Gasteiger partial charge in [-0.2, -0.15) is 0 Å². The Bertz CT molecular complexity index is 1400. The quantitative estimate of drug-likeness (QED) is 0.124. The van der Waals surface area contributed by atoms with Crippen molar-refractivity contribution < 1.29 is 47.2 Å². The summed E-state index contributed by atoms with van der Waals surface area (Å²) in [6, 6.07) is 8.81. The molecule has 1 saturated carbocycles. The van der Waals surface area contributed by atoms with Gasteiger partial charge in [-0.05, 0) is 75.8 Å². The van der Waals surface area contributed by atoms with Gasteiger partial charge in [0.05, 0.1) is 25.9 Å². The summed E-state index contributed by atoms with van der Waals surface area (Å²) in [6.07, 6.45) is 4.78. The predicted octanol–water partition coefficient (Wildman–Crippen LogP) is 8.11. The van der Waals surface area contributed by atoms with Crippen molar-refractivity contribution in [3.05, 3.63) is 47.8 Å². The lowest BCUT2D eigenvalue weighted by molar-refractivity contribution is -0.577. The molecule has 2 bridgehead atoms. The Morgan fingerprint density at radius 1 is 1.02 bits per heavy atom. The van der Waals surface area contributed by atoms with Gasteiger partial charge in [0.25, 0.3) is 0 Å². The molecule has 1 N–H and O–H groups in total. The summed E-state index contributed by atoms with van der Waals surface area (Å²) >= 11 is 0. The summed E-state index contributed by atoms with van der Waals surface area (Å²) in [4.78, 5) is 39.8. The maximum absolute atomic E-state index is 13.9. The third-order valence-corrected chi connectivity index (χ3v) is 13.0. The van der Waals surface area contributed by atoms with Crippen molar-refractivity contribution in [1.82, 2.24) is 5.32 Å². The van der Waals surface area contributed by atoms with Gasteiger partial charge < -0.3 is 28.6 Å². The van der Waals surface area contributed by atoms with Crippen molar-refractivity contribution in [1.29, 1.82) is 0 Å². The van der Waals surface area contributed by atoms with Crippen LogP contribution in [0.2, 0.25) is 0 Å². The van der Waals surface area contributed by atoms with E-state index in [1.54, 1.807) is 19.9 Å². The minimum Gasteiger partial charge on any atom is -0.352 e. The highest BCUT2D eigenvalue weighted by Gasteiger charge is 2.69. The summed E-state index contributed by atoms with van der Waals surface area (Å²) < 4.78 is 43.5. The van der Waals surface area contributed by atoms with E-state index in [4.69, 9.17) is 33.0 Å². The summed E-state index contributed by atoms with van der Waals surface area (Å²) in [5.74, 6) is 0.217. The van der Waals surface area contributed by atoms with Crippen LogP contribution in [-0.4, -0.2) is 55.5 Å². The normalized spacial score (nSPS) is 33.7. The van der Waals surface area contributed by atoms with Crippen LogP contribution in [0.1, 0.15) is 106 Å². The molecule has 5 fully saturated rings. The first kappa shape index (κ1) is 40.2. The number of hydrogen-bond donors (Lipinski definition) is 1. The first-order chi connectivity index (χ1) is 24.2. The van der Waals surface area contributed by atoms with E-state index in [2.05, 4.69) is 19.2 Å². The Hall–Kier alpha value is -1.95. The molecule has 0 unspecified atom stereocenters. The van der Waals surface area contributed by atoms with Gasteiger partial charge >= 0.3 is 7.60 Å². The Morgan fingerprint density at radius 2 is 1.73 bits per heavy atom. The predicted molar refractivity (Wildman–Crippen MR) is 192 cm³/mol. The average Bonchev–Trinajstić information content (AvgIpc) is 3.33. The molecule has 0 aromatic heterocycles. The highest BCUT2D eigenvalue weighted by molar-refractivity contribution is 7.57. The maximum Gasteiger partial charge on any atom is 0.353 e. The van der Waals surface area contributed by atoms with Crippen molar-refractivity contribution >= 4 is 19.3 Å². The Labute approximate surface area is 304 Å². The highest BCUT2D eigenvalue weighted by atomic mass is 31.2. The lowest BCUT2D eigenvalue weighted by Gasteiger charge is -2.60. The molecule has 5 aliphatic rings. The molecule has 286 valence electrons. The maximum atomic E-state index is 13.9. The largest absolute Gasteiger partial charge is 0.353 e. The van der Waals surface area contributed by atoms with Gasteiger partial charge in [-0.15, -0.1) is 0 Å². The molecule has 6 rings (SSSR count). The SMILES string of the molecule is CCOP(=O)(/C=C/[C@H](NC(=O)[C@@H](CC(=O)[C@@H](C)CO[C@H]1O[C@@H]2O[C@]3(C)CC[C@H]4[C@H](C)CC[C@@H]([C@H]1C)[C@@]24OO3)CC(C)C)c1ccccc1)OCC. The number of carbonyl (C=O) groups excluding carboxylic acids is 2. The van der Waals surface area contributed by atoms with E-state index in [9.17, 15) is 14.2 Å². The third-order valence-electron chi connectivity index (χ3n) is 11.3. The van der Waals surface area contributed by atoms with Crippen molar-refractivity contribution in [2.24, 2.45) is 41.4 Å². The minimum absolute atomic E-state index is 0.00333. The fraction of sp³-hybridized carbons (Fsp3) is 0.744. The molecule has 4 heterocycles. The van der Waals surface area contributed by atoms with E-state index in [0.717, 1.165) is 31.2 Å². The van der Waals surface area contributed by atoms with E-state index in [1.807, 2.05) is 58.0 Å². The molecule has 0 radical (unpaired) electrons. The third kappa shape index (κ3) is 9.06. The number of Topliss-reactive ketones (excluding diaryl/α,β-unsaturated/α-hetero) is 1. The Balaban J connectivity index is 1.24. The second-order valence-corrected chi connectivity index (χ2v) is 17.5. The van der Waals surface area contributed by atoms with Gasteiger partial charge in [0, 0.05) is 42.3 Å². The molecule has 1 aromatic carbocycles. The van der Waals surface area contributed by atoms with E-state index in [1.165, 1.54) is 5.82 Å². The van der Waals surface area contributed by atoms with Crippen LogP contribution in [0.4, 0.5) is 0 Å². The number of fused-ring (bicyclic) bond motifs is 2. The zero-order chi connectivity index (χ0) is 37.0. The summed E-state index contributed by atoms with van der Waals surface area (Å²) in [5, 5.41) is 3.10. The van der Waals surface area contributed by atoms with E-state index in [0.29, 0.717) is 12.3 Å². The Kier molecular flexibility index (Phi) is 13.4. The summed E-state index contributed by atoms with van der Waals surface area (Å²) in [7, 11) is -3.50. The molecule has 51 heavy (non-hydrogen) atoms. The van der Waals surface area contributed by atoms with Crippen LogP contribution in [0.5, 0.6) is 0 Å². The molecule has 12 heteroatoms. The molecule has 4 aliphatic heterocycles. The number of ketones is 1. The average molecular weight is 734 g/mol. The number of carbonyl (C=O) groups is 2. The van der Waals surface area contributed by atoms with Crippen LogP contribution in [-0.2, 0) is 47.2 Å². The number of ether oxygens (including phenoxy) is 3. The lowest BCUT2D eigenvalue weighted by atomic mass is 9.58. The van der Waals surface area contributed by atoms with Crippen LogP contribution in [0.15, 0.2) is 42.2 Å². The minimum atomic E-state index is -3.50. The lowest BCUT2D eigenvalue weighted by Crippen LogP contribution is -2.70. The van der Waals surface area contributed by atoms with Crippen molar-refractivity contribution in [2.75, 3.05) is 19.8 Å². The first-order valence-corrected chi connectivity index (χ1v) is 20.6. The molecular formula is C39H60NO10P. The molecule has 1 spiro atoms. The molecule has 1 amide bonds. The van der Waals surface area contributed by atoms with Crippen LogP contribution in [0, 0.1) is 41.4 Å². The van der Waals surface area contributed by atoms with Crippen molar-refractivity contribution in [2.45, 2.75) is 124 Å².